The molecule has 1 saturated heterocycles. The molecule has 2 heterocycles. The highest BCUT2D eigenvalue weighted by molar-refractivity contribution is 6.32. The average molecular weight is 464 g/mol. The van der Waals surface area contributed by atoms with Crippen molar-refractivity contribution in [1.29, 1.82) is 0 Å². The molecule has 0 aliphatic carbocycles. The third-order valence-electron chi connectivity index (χ3n) is 4.95. The van der Waals surface area contributed by atoms with Gasteiger partial charge in [0, 0.05) is 31.9 Å². The third kappa shape index (κ3) is 7.10. The van der Waals surface area contributed by atoms with Crippen molar-refractivity contribution in [3.8, 4) is 0 Å². The van der Waals surface area contributed by atoms with E-state index in [1.165, 1.54) is 0 Å². The number of nitrogens with zero attached hydrogens (tertiary/aromatic N) is 3. The van der Waals surface area contributed by atoms with Crippen molar-refractivity contribution in [2.24, 2.45) is 0 Å². The number of alkyl carbamates (subject to hydrolysis) is 1. The van der Waals surface area contributed by atoms with Crippen LogP contribution in [0.5, 0.6) is 0 Å². The molecule has 2 aromatic rings. The largest absolute Gasteiger partial charge is 0.444 e. The number of ether oxygens (including phenoxy) is 2. The van der Waals surface area contributed by atoms with Crippen molar-refractivity contribution >= 4 is 40.2 Å². The van der Waals surface area contributed by atoms with E-state index in [9.17, 15) is 4.79 Å². The number of fused-ring (bicyclic) bond motifs is 1. The van der Waals surface area contributed by atoms with E-state index in [1.807, 2.05) is 26.8 Å². The second-order valence-corrected chi connectivity index (χ2v) is 9.62. The summed E-state index contributed by atoms with van der Waals surface area (Å²) in [4.78, 5) is 23.2. The van der Waals surface area contributed by atoms with Crippen molar-refractivity contribution in [3.63, 3.8) is 0 Å². The number of amides is 1. The molecule has 0 radical (unpaired) electrons. The van der Waals surface area contributed by atoms with Crippen LogP contribution in [0, 0.1) is 0 Å². The molecule has 3 rings (SSSR count). The maximum absolute atomic E-state index is 11.7. The lowest BCUT2D eigenvalue weighted by molar-refractivity contribution is -0.00521. The Bertz CT molecular complexity index is 924. The highest BCUT2D eigenvalue weighted by atomic mass is 35.5. The maximum Gasteiger partial charge on any atom is 0.407 e. The molecule has 2 atom stereocenters. The van der Waals surface area contributed by atoms with Gasteiger partial charge in [-0.2, -0.15) is 0 Å². The van der Waals surface area contributed by atoms with Crippen LogP contribution >= 0.6 is 11.6 Å². The van der Waals surface area contributed by atoms with Gasteiger partial charge in [-0.1, -0.05) is 11.6 Å². The van der Waals surface area contributed by atoms with Crippen LogP contribution in [0.3, 0.4) is 0 Å². The molecule has 0 unspecified atom stereocenters. The van der Waals surface area contributed by atoms with Crippen molar-refractivity contribution < 1.29 is 14.3 Å². The Balaban J connectivity index is 1.54. The summed E-state index contributed by atoms with van der Waals surface area (Å²) >= 11 is 6.34. The molecule has 1 aromatic carbocycles. The van der Waals surface area contributed by atoms with Gasteiger partial charge in [0.1, 0.15) is 5.60 Å². The van der Waals surface area contributed by atoms with Crippen LogP contribution in [0.1, 0.15) is 47.5 Å². The average Bonchev–Trinajstić information content (AvgIpc) is 2.68. The summed E-state index contributed by atoms with van der Waals surface area (Å²) in [6, 6.07) is 6.07. The first kappa shape index (κ1) is 24.3. The summed E-state index contributed by atoms with van der Waals surface area (Å²) in [5.74, 6) is 0.570. The Morgan fingerprint density at radius 2 is 1.84 bits per heavy atom. The van der Waals surface area contributed by atoms with E-state index in [0.717, 1.165) is 42.7 Å². The number of halogens is 1. The fraction of sp³-hybridized carbons (Fsp3) is 0.609. The van der Waals surface area contributed by atoms with E-state index in [2.05, 4.69) is 46.5 Å². The highest BCUT2D eigenvalue weighted by Crippen LogP contribution is 2.27. The zero-order valence-corrected chi connectivity index (χ0v) is 20.3. The molecule has 0 bridgehead atoms. The second kappa shape index (κ2) is 10.5. The number of hydrogen-bond acceptors (Lipinski definition) is 7. The van der Waals surface area contributed by atoms with E-state index < -0.39 is 11.7 Å². The van der Waals surface area contributed by atoms with E-state index in [0.29, 0.717) is 24.1 Å². The van der Waals surface area contributed by atoms with Crippen LogP contribution in [0.2, 0.25) is 5.15 Å². The quantitative estimate of drug-likeness (QED) is 0.579. The Hall–Kier alpha value is -2.32. The zero-order chi connectivity index (χ0) is 23.3. The highest BCUT2D eigenvalue weighted by Gasteiger charge is 2.23. The van der Waals surface area contributed by atoms with Crippen molar-refractivity contribution in [1.82, 2.24) is 15.3 Å². The molecule has 0 spiro atoms. The van der Waals surface area contributed by atoms with Gasteiger partial charge in [0.25, 0.3) is 0 Å². The van der Waals surface area contributed by atoms with Gasteiger partial charge >= 0.3 is 6.09 Å². The van der Waals surface area contributed by atoms with Crippen molar-refractivity contribution in [3.05, 3.63) is 23.4 Å². The summed E-state index contributed by atoms with van der Waals surface area (Å²) < 4.78 is 11.1. The van der Waals surface area contributed by atoms with Crippen LogP contribution in [0.25, 0.3) is 11.0 Å². The molecular weight excluding hydrogens is 430 g/mol. The Kier molecular flexibility index (Phi) is 8.00. The van der Waals surface area contributed by atoms with Crippen molar-refractivity contribution in [2.45, 2.75) is 65.3 Å². The van der Waals surface area contributed by atoms with Gasteiger partial charge in [-0.05, 0) is 65.7 Å². The summed E-state index contributed by atoms with van der Waals surface area (Å²) in [7, 11) is 0. The molecule has 1 aliphatic rings. The molecule has 32 heavy (non-hydrogen) atoms. The Labute approximate surface area is 195 Å². The minimum absolute atomic E-state index is 0.188. The molecule has 176 valence electrons. The number of rotatable bonds is 7. The molecule has 1 aliphatic heterocycles. The number of aromatic nitrogens is 2. The SMILES string of the molecule is C[C@@H]1CN(c2ccc3nc(Cl)c(NCCCCNC(=O)OC(C)(C)C)nc3c2)C[C@H](C)O1. The van der Waals surface area contributed by atoms with Crippen LogP contribution in [0.4, 0.5) is 16.3 Å². The van der Waals surface area contributed by atoms with E-state index in [4.69, 9.17) is 26.1 Å². The smallest absolute Gasteiger partial charge is 0.407 e. The van der Waals surface area contributed by atoms with Gasteiger partial charge in [0.05, 0.1) is 23.2 Å². The minimum Gasteiger partial charge on any atom is -0.444 e. The van der Waals surface area contributed by atoms with E-state index in [-0.39, 0.29) is 12.2 Å². The predicted molar refractivity (Wildman–Crippen MR) is 129 cm³/mol. The third-order valence-corrected chi connectivity index (χ3v) is 5.22. The monoisotopic (exact) mass is 463 g/mol. The zero-order valence-electron chi connectivity index (χ0n) is 19.6. The number of hydrogen-bond donors (Lipinski definition) is 2. The predicted octanol–water partition coefficient (Wildman–Crippen LogP) is 4.61. The first-order valence-corrected chi connectivity index (χ1v) is 11.6. The lowest BCUT2D eigenvalue weighted by Gasteiger charge is -2.36. The summed E-state index contributed by atoms with van der Waals surface area (Å²) in [5, 5.41) is 6.37. The van der Waals surface area contributed by atoms with Gasteiger partial charge in [-0.25, -0.2) is 14.8 Å². The molecular formula is C23H34ClN5O3. The summed E-state index contributed by atoms with van der Waals surface area (Å²) in [5.41, 5.74) is 2.18. The van der Waals surface area contributed by atoms with Gasteiger partial charge < -0.3 is 25.0 Å². The summed E-state index contributed by atoms with van der Waals surface area (Å²) in [6.45, 7) is 12.6. The fourth-order valence-corrected chi connectivity index (χ4v) is 3.88. The topological polar surface area (TPSA) is 88.6 Å². The lowest BCUT2D eigenvalue weighted by atomic mass is 10.2. The molecule has 1 aromatic heterocycles. The number of benzene rings is 1. The van der Waals surface area contributed by atoms with E-state index in [1.54, 1.807) is 0 Å². The number of morpholine rings is 1. The number of carbonyl (C=O) groups excluding carboxylic acids is 1. The number of anilines is 2. The minimum atomic E-state index is -0.491. The van der Waals surface area contributed by atoms with Gasteiger partial charge in [0.2, 0.25) is 0 Å². The first-order chi connectivity index (χ1) is 15.1. The second-order valence-electron chi connectivity index (χ2n) is 9.26. The lowest BCUT2D eigenvalue weighted by Crippen LogP contribution is -2.45. The Morgan fingerprint density at radius 3 is 2.53 bits per heavy atom. The number of carbonyl (C=O) groups is 1. The number of nitrogens with one attached hydrogen (secondary N) is 2. The molecule has 8 nitrogen and oxygen atoms in total. The normalized spacial score (nSPS) is 19.1. The van der Waals surface area contributed by atoms with Gasteiger partial charge in [-0.15, -0.1) is 0 Å². The first-order valence-electron chi connectivity index (χ1n) is 11.2. The van der Waals surface area contributed by atoms with Crippen LogP contribution in [-0.2, 0) is 9.47 Å². The van der Waals surface area contributed by atoms with Crippen molar-refractivity contribution in [2.75, 3.05) is 36.4 Å². The maximum atomic E-state index is 11.7. The number of unbranched alkanes of at least 4 members (excludes halogenated alkanes) is 1. The van der Waals surface area contributed by atoms with E-state index >= 15 is 0 Å². The van der Waals surface area contributed by atoms with Gasteiger partial charge in [-0.3, -0.25) is 0 Å². The standard InChI is InChI=1S/C23H34ClN5O3/c1-15-13-29(14-16(2)31-15)17-8-9-18-19(12-17)28-21(20(24)27-18)25-10-6-7-11-26-22(30)32-23(3,4)5/h8-9,12,15-16H,6-7,10-11,13-14H2,1-5H3,(H,25,28)(H,26,30)/t15-,16+. The van der Waals surface area contributed by atoms with Gasteiger partial charge in [0.15, 0.2) is 11.0 Å². The van der Waals surface area contributed by atoms with Crippen LogP contribution in [0.15, 0.2) is 18.2 Å². The molecule has 9 heteroatoms. The Morgan fingerprint density at radius 1 is 1.16 bits per heavy atom. The van der Waals surface area contributed by atoms with Crippen LogP contribution < -0.4 is 15.5 Å². The summed E-state index contributed by atoms with van der Waals surface area (Å²) in [6.07, 6.45) is 1.63. The molecule has 2 N–H and O–H groups in total. The fourth-order valence-electron chi connectivity index (χ4n) is 3.68. The van der Waals surface area contributed by atoms with Crippen LogP contribution in [-0.4, -0.2) is 60.0 Å². The molecule has 1 fully saturated rings. The molecule has 0 saturated carbocycles. The molecule has 1 amide bonds.